The van der Waals surface area contributed by atoms with E-state index in [9.17, 15) is 8.42 Å². The Hall–Kier alpha value is -1.11. The summed E-state index contributed by atoms with van der Waals surface area (Å²) in [5.74, 6) is 0. The molecule has 0 aliphatic carbocycles. The fourth-order valence-corrected chi connectivity index (χ4v) is 1.12. The summed E-state index contributed by atoms with van der Waals surface area (Å²) in [7, 11) is -4.08. The van der Waals surface area contributed by atoms with E-state index in [0.29, 0.717) is 5.69 Å². The van der Waals surface area contributed by atoms with Crippen molar-refractivity contribution in [1.29, 1.82) is 0 Å². The van der Waals surface area contributed by atoms with Crippen molar-refractivity contribution >= 4 is 15.8 Å². The van der Waals surface area contributed by atoms with Crippen LogP contribution in [-0.2, 0) is 10.1 Å². The van der Waals surface area contributed by atoms with Crippen molar-refractivity contribution in [3.63, 3.8) is 0 Å². The SMILES string of the molecule is N.Nc1ccc(S(=O)(=O)O)cc1. The highest BCUT2D eigenvalue weighted by atomic mass is 32.2. The average molecular weight is 190 g/mol. The molecule has 6 heteroatoms. The van der Waals surface area contributed by atoms with Crippen molar-refractivity contribution < 1.29 is 13.0 Å². The van der Waals surface area contributed by atoms with Crippen LogP contribution in [0.4, 0.5) is 5.69 Å². The van der Waals surface area contributed by atoms with Crippen LogP contribution >= 0.6 is 0 Å². The molecule has 68 valence electrons. The topological polar surface area (TPSA) is 115 Å². The number of rotatable bonds is 1. The third-order valence-electron chi connectivity index (χ3n) is 1.18. The van der Waals surface area contributed by atoms with Gasteiger partial charge in [-0.25, -0.2) is 0 Å². The Morgan fingerprint density at radius 1 is 1.17 bits per heavy atom. The van der Waals surface area contributed by atoms with Gasteiger partial charge in [-0.05, 0) is 24.3 Å². The van der Waals surface area contributed by atoms with Gasteiger partial charge in [-0.2, -0.15) is 8.42 Å². The average Bonchev–Trinajstić information content (AvgIpc) is 1.86. The molecule has 0 heterocycles. The van der Waals surface area contributed by atoms with Crippen molar-refractivity contribution in [3.8, 4) is 0 Å². The zero-order chi connectivity index (χ0) is 8.48. The van der Waals surface area contributed by atoms with Crippen molar-refractivity contribution in [2.45, 2.75) is 4.90 Å². The fraction of sp³-hybridized carbons (Fsp3) is 0. The summed E-state index contributed by atoms with van der Waals surface area (Å²) in [5, 5.41) is 0. The van der Waals surface area contributed by atoms with Crippen LogP contribution in [-0.4, -0.2) is 13.0 Å². The van der Waals surface area contributed by atoms with Crippen LogP contribution in [0.5, 0.6) is 0 Å². The predicted octanol–water partition coefficient (Wildman–Crippen LogP) is 0.677. The van der Waals surface area contributed by atoms with Gasteiger partial charge in [0.05, 0.1) is 4.90 Å². The maximum absolute atomic E-state index is 10.5. The second-order valence-corrected chi connectivity index (χ2v) is 3.47. The van der Waals surface area contributed by atoms with Crippen molar-refractivity contribution in [3.05, 3.63) is 24.3 Å². The lowest BCUT2D eigenvalue weighted by Crippen LogP contribution is -1.97. The van der Waals surface area contributed by atoms with E-state index in [1.165, 1.54) is 24.3 Å². The zero-order valence-corrected chi connectivity index (χ0v) is 7.08. The first-order valence-corrected chi connectivity index (χ1v) is 4.27. The lowest BCUT2D eigenvalue weighted by Gasteiger charge is -1.95. The molecule has 0 aromatic heterocycles. The smallest absolute Gasteiger partial charge is 0.294 e. The minimum Gasteiger partial charge on any atom is -0.399 e. The Morgan fingerprint density at radius 2 is 1.58 bits per heavy atom. The molecule has 0 saturated carbocycles. The highest BCUT2D eigenvalue weighted by Gasteiger charge is 2.06. The van der Waals surface area contributed by atoms with Gasteiger partial charge in [0, 0.05) is 5.69 Å². The summed E-state index contributed by atoms with van der Waals surface area (Å²) in [6, 6.07) is 5.29. The van der Waals surface area contributed by atoms with Gasteiger partial charge in [0.2, 0.25) is 0 Å². The minimum atomic E-state index is -4.08. The maximum atomic E-state index is 10.5. The van der Waals surface area contributed by atoms with Crippen LogP contribution in [0.3, 0.4) is 0 Å². The quantitative estimate of drug-likeness (QED) is 0.444. The summed E-state index contributed by atoms with van der Waals surface area (Å²) in [4.78, 5) is -0.147. The molecule has 0 bridgehead atoms. The Balaban J connectivity index is 0.00000121. The van der Waals surface area contributed by atoms with Gasteiger partial charge in [-0.15, -0.1) is 0 Å². The molecule has 0 atom stereocenters. The largest absolute Gasteiger partial charge is 0.399 e. The minimum absolute atomic E-state index is 0. The first-order valence-electron chi connectivity index (χ1n) is 2.83. The molecule has 1 aromatic rings. The molecule has 1 aromatic carbocycles. The summed E-state index contributed by atoms with van der Waals surface area (Å²) in [6.07, 6.45) is 0. The molecular weight excluding hydrogens is 180 g/mol. The van der Waals surface area contributed by atoms with Gasteiger partial charge in [-0.1, -0.05) is 0 Å². The van der Waals surface area contributed by atoms with E-state index in [-0.39, 0.29) is 11.0 Å². The molecule has 0 fully saturated rings. The second-order valence-electron chi connectivity index (χ2n) is 2.04. The molecule has 12 heavy (non-hydrogen) atoms. The highest BCUT2D eigenvalue weighted by Crippen LogP contribution is 2.10. The third-order valence-corrected chi connectivity index (χ3v) is 2.05. The third kappa shape index (κ3) is 2.50. The van der Waals surface area contributed by atoms with Crippen LogP contribution in [0.25, 0.3) is 0 Å². The molecule has 6 N–H and O–H groups in total. The van der Waals surface area contributed by atoms with Gasteiger partial charge in [0.15, 0.2) is 0 Å². The van der Waals surface area contributed by atoms with Crippen LogP contribution in [0.1, 0.15) is 0 Å². The van der Waals surface area contributed by atoms with Crippen LogP contribution < -0.4 is 11.9 Å². The monoisotopic (exact) mass is 190 g/mol. The molecule has 5 nitrogen and oxygen atoms in total. The van der Waals surface area contributed by atoms with Crippen molar-refractivity contribution in [2.75, 3.05) is 5.73 Å². The predicted molar refractivity (Wildman–Crippen MR) is 45.7 cm³/mol. The van der Waals surface area contributed by atoms with Gasteiger partial charge in [0.25, 0.3) is 10.1 Å². The standard InChI is InChI=1S/C6H7NO3S.H3N/c7-5-1-3-6(4-2-5)11(8,9)10;/h1-4H,7H2,(H,8,9,10);1H3. The number of hydrogen-bond donors (Lipinski definition) is 3. The number of nitrogen functional groups attached to an aromatic ring is 1. The normalized spacial score (nSPS) is 10.4. The van der Waals surface area contributed by atoms with E-state index >= 15 is 0 Å². The number of hydrogen-bond acceptors (Lipinski definition) is 4. The summed E-state index contributed by atoms with van der Waals surface area (Å²) in [5.41, 5.74) is 5.75. The van der Waals surface area contributed by atoms with Gasteiger partial charge in [-0.3, -0.25) is 4.55 Å². The lowest BCUT2D eigenvalue weighted by molar-refractivity contribution is 0.483. The lowest BCUT2D eigenvalue weighted by atomic mass is 10.3. The zero-order valence-electron chi connectivity index (χ0n) is 6.27. The van der Waals surface area contributed by atoms with Crippen LogP contribution in [0.2, 0.25) is 0 Å². The molecule has 0 saturated heterocycles. The fourth-order valence-electron chi connectivity index (χ4n) is 0.640. The van der Waals surface area contributed by atoms with Crippen molar-refractivity contribution in [2.24, 2.45) is 0 Å². The van der Waals surface area contributed by atoms with Gasteiger partial charge in [0.1, 0.15) is 0 Å². The summed E-state index contributed by atoms with van der Waals surface area (Å²) >= 11 is 0. The summed E-state index contributed by atoms with van der Waals surface area (Å²) in [6.45, 7) is 0. The van der Waals surface area contributed by atoms with E-state index in [1.54, 1.807) is 0 Å². The highest BCUT2D eigenvalue weighted by molar-refractivity contribution is 7.85. The Bertz CT molecular complexity index is 344. The molecule has 0 aliphatic heterocycles. The van der Waals surface area contributed by atoms with Crippen LogP contribution in [0, 0.1) is 0 Å². The first kappa shape index (κ1) is 10.9. The molecule has 0 spiro atoms. The van der Waals surface area contributed by atoms with E-state index in [2.05, 4.69) is 0 Å². The van der Waals surface area contributed by atoms with Gasteiger partial charge >= 0.3 is 0 Å². The molecule has 0 aliphatic rings. The maximum Gasteiger partial charge on any atom is 0.294 e. The number of nitrogens with two attached hydrogens (primary N) is 1. The van der Waals surface area contributed by atoms with E-state index < -0.39 is 10.1 Å². The van der Waals surface area contributed by atoms with Crippen molar-refractivity contribution in [1.82, 2.24) is 6.15 Å². The number of benzene rings is 1. The first-order chi connectivity index (χ1) is 5.00. The Morgan fingerprint density at radius 3 is 1.92 bits per heavy atom. The Kier molecular flexibility index (Phi) is 3.20. The molecular formula is C6H10N2O3S. The molecule has 0 amide bonds. The number of anilines is 1. The Labute approximate surface area is 70.5 Å². The van der Waals surface area contributed by atoms with E-state index in [4.69, 9.17) is 10.3 Å². The second kappa shape index (κ2) is 3.53. The molecule has 1 rings (SSSR count). The molecule has 0 radical (unpaired) electrons. The van der Waals surface area contributed by atoms with E-state index in [0.717, 1.165) is 0 Å². The van der Waals surface area contributed by atoms with E-state index in [1.807, 2.05) is 0 Å². The summed E-state index contributed by atoms with van der Waals surface area (Å²) < 4.78 is 29.4. The molecule has 0 unspecified atom stereocenters. The van der Waals surface area contributed by atoms with Gasteiger partial charge < -0.3 is 11.9 Å². The van der Waals surface area contributed by atoms with Crippen LogP contribution in [0.15, 0.2) is 29.2 Å².